The Labute approximate surface area is 127 Å². The molecule has 0 aliphatic carbocycles. The average molecular weight is 307 g/mol. The zero-order valence-corrected chi connectivity index (χ0v) is 13.5. The maximum absolute atomic E-state index is 12.1. The van der Waals surface area contributed by atoms with Crippen LogP contribution in [0.25, 0.3) is 5.65 Å². The first-order chi connectivity index (χ1) is 10.0. The van der Waals surface area contributed by atoms with E-state index in [1.165, 1.54) is 0 Å². The summed E-state index contributed by atoms with van der Waals surface area (Å²) < 4.78 is 14.1. The van der Waals surface area contributed by atoms with Gasteiger partial charge in [-0.05, 0) is 32.9 Å². The van der Waals surface area contributed by atoms with Crippen molar-refractivity contribution in [2.75, 3.05) is 18.8 Å². The van der Waals surface area contributed by atoms with E-state index in [1.54, 1.807) is 4.90 Å². The second kappa shape index (κ2) is 6.85. The fraction of sp³-hybridized carbons (Fsp3) is 0.467. The molecule has 0 aliphatic heterocycles. The van der Waals surface area contributed by atoms with Crippen LogP contribution in [0.5, 0.6) is 0 Å². The molecule has 0 saturated carbocycles. The molecular formula is C15H21N3O2S. The molecule has 0 radical (unpaired) electrons. The molecule has 0 spiro atoms. The maximum atomic E-state index is 12.1. The Hall–Kier alpha value is -1.69. The maximum Gasteiger partial charge on any atom is 0.235 e. The Morgan fingerprint density at radius 3 is 2.67 bits per heavy atom. The smallest absolute Gasteiger partial charge is 0.235 e. The lowest BCUT2D eigenvalue weighted by Gasteiger charge is -2.17. The van der Waals surface area contributed by atoms with Crippen molar-refractivity contribution in [3.63, 3.8) is 0 Å². The van der Waals surface area contributed by atoms with Crippen LogP contribution in [0.2, 0.25) is 0 Å². The van der Waals surface area contributed by atoms with E-state index in [0.29, 0.717) is 18.8 Å². The van der Waals surface area contributed by atoms with Gasteiger partial charge >= 0.3 is 0 Å². The van der Waals surface area contributed by atoms with Gasteiger partial charge in [-0.25, -0.2) is 4.98 Å². The SMILES string of the molecule is CCN(CC)C(=O)C[S@@](=O)Cc1cn2c(C)cccc2n1. The van der Waals surface area contributed by atoms with Crippen molar-refractivity contribution in [3.8, 4) is 0 Å². The molecule has 6 heteroatoms. The fourth-order valence-electron chi connectivity index (χ4n) is 2.29. The summed E-state index contributed by atoms with van der Waals surface area (Å²) in [6, 6.07) is 5.86. The molecule has 5 nitrogen and oxygen atoms in total. The quantitative estimate of drug-likeness (QED) is 0.817. The minimum Gasteiger partial charge on any atom is -0.342 e. The fourth-order valence-corrected chi connectivity index (χ4v) is 3.32. The predicted octanol–water partition coefficient (Wildman–Crippen LogP) is 1.76. The van der Waals surface area contributed by atoms with Gasteiger partial charge in [0.15, 0.2) is 0 Å². The molecule has 0 bridgehead atoms. The number of hydrogen-bond donors (Lipinski definition) is 0. The highest BCUT2D eigenvalue weighted by atomic mass is 32.2. The number of aromatic nitrogens is 2. The van der Waals surface area contributed by atoms with Crippen molar-refractivity contribution < 1.29 is 9.00 Å². The third kappa shape index (κ3) is 3.69. The number of nitrogens with zero attached hydrogens (tertiary/aromatic N) is 3. The number of rotatable bonds is 6. The molecule has 114 valence electrons. The van der Waals surface area contributed by atoms with Crippen LogP contribution in [-0.2, 0) is 21.3 Å². The number of imidazole rings is 1. The van der Waals surface area contributed by atoms with Crippen LogP contribution in [0.1, 0.15) is 25.2 Å². The topological polar surface area (TPSA) is 54.7 Å². The van der Waals surface area contributed by atoms with Crippen LogP contribution in [0.15, 0.2) is 24.4 Å². The first-order valence-corrected chi connectivity index (χ1v) is 8.60. The van der Waals surface area contributed by atoms with Gasteiger partial charge in [-0.3, -0.25) is 9.00 Å². The molecule has 0 aromatic carbocycles. The Bertz CT molecular complexity index is 662. The van der Waals surface area contributed by atoms with E-state index in [2.05, 4.69) is 4.98 Å². The highest BCUT2D eigenvalue weighted by molar-refractivity contribution is 7.84. The summed E-state index contributed by atoms with van der Waals surface area (Å²) in [4.78, 5) is 18.1. The number of carbonyl (C=O) groups is 1. The highest BCUT2D eigenvalue weighted by Gasteiger charge is 2.15. The van der Waals surface area contributed by atoms with E-state index in [1.807, 2.05) is 49.6 Å². The van der Waals surface area contributed by atoms with Crippen molar-refractivity contribution in [2.45, 2.75) is 26.5 Å². The van der Waals surface area contributed by atoms with Crippen molar-refractivity contribution in [2.24, 2.45) is 0 Å². The normalized spacial score (nSPS) is 12.5. The number of hydrogen-bond acceptors (Lipinski definition) is 3. The first kappa shape index (κ1) is 15.7. The third-order valence-electron chi connectivity index (χ3n) is 3.46. The minimum atomic E-state index is -1.23. The van der Waals surface area contributed by atoms with Crippen molar-refractivity contribution >= 4 is 22.4 Å². The second-order valence-corrected chi connectivity index (χ2v) is 6.38. The number of pyridine rings is 1. The van der Waals surface area contributed by atoms with Crippen LogP contribution in [0.3, 0.4) is 0 Å². The minimum absolute atomic E-state index is 0.0571. The van der Waals surface area contributed by atoms with Crippen LogP contribution >= 0.6 is 0 Å². The summed E-state index contributed by atoms with van der Waals surface area (Å²) in [5.41, 5.74) is 2.68. The molecule has 0 saturated heterocycles. The van der Waals surface area contributed by atoms with Gasteiger partial charge in [0.05, 0.1) is 11.4 Å². The monoisotopic (exact) mass is 307 g/mol. The van der Waals surface area contributed by atoms with Gasteiger partial charge in [-0.15, -0.1) is 0 Å². The molecule has 2 heterocycles. The molecule has 1 atom stereocenters. The Kier molecular flexibility index (Phi) is 5.12. The lowest BCUT2D eigenvalue weighted by atomic mass is 10.4. The molecule has 0 fully saturated rings. The third-order valence-corrected chi connectivity index (χ3v) is 4.64. The summed E-state index contributed by atoms with van der Waals surface area (Å²) in [5.74, 6) is 0.320. The molecule has 0 unspecified atom stereocenters. The lowest BCUT2D eigenvalue weighted by Crippen LogP contribution is -2.34. The largest absolute Gasteiger partial charge is 0.342 e. The van der Waals surface area contributed by atoms with Crippen molar-refractivity contribution in [1.29, 1.82) is 0 Å². The standard InChI is InChI=1S/C15H21N3O2S/c1-4-17(5-2)15(19)11-21(20)10-13-9-18-12(3)7-6-8-14(18)16-13/h6-9H,4-5,10-11H2,1-3H3/t21-/m0/s1. The summed E-state index contributed by atoms with van der Waals surface area (Å²) in [7, 11) is -1.23. The van der Waals surface area contributed by atoms with E-state index in [-0.39, 0.29) is 11.7 Å². The summed E-state index contributed by atoms with van der Waals surface area (Å²) in [5, 5.41) is 0. The van der Waals surface area contributed by atoms with Gasteiger partial charge in [-0.2, -0.15) is 0 Å². The first-order valence-electron chi connectivity index (χ1n) is 7.11. The predicted molar refractivity (Wildman–Crippen MR) is 84.6 cm³/mol. The van der Waals surface area contributed by atoms with E-state index >= 15 is 0 Å². The van der Waals surface area contributed by atoms with Crippen LogP contribution in [0, 0.1) is 6.92 Å². The Morgan fingerprint density at radius 1 is 1.33 bits per heavy atom. The van der Waals surface area contributed by atoms with Gasteiger partial charge in [-0.1, -0.05) is 6.07 Å². The van der Waals surface area contributed by atoms with E-state index in [4.69, 9.17) is 0 Å². The van der Waals surface area contributed by atoms with Crippen molar-refractivity contribution in [3.05, 3.63) is 35.8 Å². The second-order valence-electron chi connectivity index (χ2n) is 4.92. The Balaban J connectivity index is 2.04. The summed E-state index contributed by atoms with van der Waals surface area (Å²) in [6.45, 7) is 7.16. The molecule has 2 aromatic heterocycles. The molecule has 21 heavy (non-hydrogen) atoms. The molecule has 0 aliphatic rings. The van der Waals surface area contributed by atoms with Gasteiger partial charge in [0.2, 0.25) is 5.91 Å². The zero-order chi connectivity index (χ0) is 15.4. The highest BCUT2D eigenvalue weighted by Crippen LogP contribution is 2.10. The average Bonchev–Trinajstić information content (AvgIpc) is 2.83. The van der Waals surface area contributed by atoms with Gasteiger partial charge in [0.1, 0.15) is 11.4 Å². The zero-order valence-electron chi connectivity index (χ0n) is 12.7. The molecule has 2 rings (SSSR count). The van der Waals surface area contributed by atoms with Crippen LogP contribution in [0.4, 0.5) is 0 Å². The van der Waals surface area contributed by atoms with Crippen LogP contribution in [-0.4, -0.2) is 43.2 Å². The van der Waals surface area contributed by atoms with E-state index < -0.39 is 10.8 Å². The summed E-state index contributed by atoms with van der Waals surface area (Å²) >= 11 is 0. The summed E-state index contributed by atoms with van der Waals surface area (Å²) in [6.07, 6.45) is 1.89. The lowest BCUT2D eigenvalue weighted by molar-refractivity contribution is -0.128. The van der Waals surface area contributed by atoms with Crippen molar-refractivity contribution in [1.82, 2.24) is 14.3 Å². The number of amides is 1. The molecular weight excluding hydrogens is 286 g/mol. The van der Waals surface area contributed by atoms with Gasteiger partial charge in [0.25, 0.3) is 0 Å². The Morgan fingerprint density at radius 2 is 2.05 bits per heavy atom. The number of aryl methyl sites for hydroxylation is 1. The molecule has 1 amide bonds. The number of fused-ring (bicyclic) bond motifs is 1. The van der Waals surface area contributed by atoms with E-state index in [0.717, 1.165) is 17.0 Å². The van der Waals surface area contributed by atoms with Gasteiger partial charge < -0.3 is 9.30 Å². The van der Waals surface area contributed by atoms with E-state index in [9.17, 15) is 9.00 Å². The van der Waals surface area contributed by atoms with Gasteiger partial charge in [0, 0.05) is 35.8 Å². The van der Waals surface area contributed by atoms with Crippen LogP contribution < -0.4 is 0 Å². The molecule has 2 aromatic rings. The molecule has 0 N–H and O–H groups in total. The number of carbonyl (C=O) groups excluding carboxylic acids is 1.